The van der Waals surface area contributed by atoms with Crippen LogP contribution in [0.1, 0.15) is 19.8 Å². The van der Waals surface area contributed by atoms with Crippen molar-refractivity contribution in [3.8, 4) is 0 Å². The number of fused-ring (bicyclic) bond motifs is 4. The molecule has 6 unspecified atom stereocenters. The highest BCUT2D eigenvalue weighted by molar-refractivity contribution is 5.91. The number of epoxide rings is 1. The Morgan fingerprint density at radius 2 is 2.21 bits per heavy atom. The quantitative estimate of drug-likeness (QED) is 0.308. The standard InChI is InChI=1S/C15H18O4/c1-7-3-4-9-11(7)13-12(8(2)14(17)19-13)10(16)5-15(9)6-18-15/h3,9-13,16H,2,4-6H2,1H3. The van der Waals surface area contributed by atoms with Gasteiger partial charge in [-0.1, -0.05) is 18.2 Å². The molecule has 0 aromatic carbocycles. The van der Waals surface area contributed by atoms with Gasteiger partial charge in [0.05, 0.1) is 24.2 Å². The summed E-state index contributed by atoms with van der Waals surface area (Å²) in [5.74, 6) is -0.117. The average Bonchev–Trinajstić information content (AvgIpc) is 2.95. The molecule has 4 rings (SSSR count). The zero-order chi connectivity index (χ0) is 13.4. The minimum Gasteiger partial charge on any atom is -0.458 e. The summed E-state index contributed by atoms with van der Waals surface area (Å²) in [6.45, 7) is 6.63. The van der Waals surface area contributed by atoms with E-state index in [1.54, 1.807) is 0 Å². The molecule has 0 bridgehead atoms. The molecular formula is C15H18O4. The van der Waals surface area contributed by atoms with E-state index in [4.69, 9.17) is 9.47 Å². The van der Waals surface area contributed by atoms with Crippen LogP contribution in [-0.2, 0) is 14.3 Å². The van der Waals surface area contributed by atoms with E-state index in [-0.39, 0.29) is 29.5 Å². The molecule has 2 saturated heterocycles. The maximum atomic E-state index is 11.8. The minimum absolute atomic E-state index is 0.174. The smallest absolute Gasteiger partial charge is 0.334 e. The van der Waals surface area contributed by atoms with Crippen molar-refractivity contribution in [2.75, 3.05) is 6.61 Å². The lowest BCUT2D eigenvalue weighted by Crippen LogP contribution is -2.34. The van der Waals surface area contributed by atoms with E-state index in [0.717, 1.165) is 6.42 Å². The van der Waals surface area contributed by atoms with E-state index in [0.29, 0.717) is 24.5 Å². The second-order valence-corrected chi connectivity index (χ2v) is 6.36. The van der Waals surface area contributed by atoms with Gasteiger partial charge in [0.15, 0.2) is 0 Å². The molecule has 19 heavy (non-hydrogen) atoms. The highest BCUT2D eigenvalue weighted by atomic mass is 16.6. The molecule has 0 amide bonds. The minimum atomic E-state index is -0.593. The monoisotopic (exact) mass is 262 g/mol. The zero-order valence-electron chi connectivity index (χ0n) is 11.0. The van der Waals surface area contributed by atoms with Gasteiger partial charge in [-0.3, -0.25) is 0 Å². The molecule has 6 atom stereocenters. The number of carbonyl (C=O) groups excluding carboxylic acids is 1. The molecule has 3 fully saturated rings. The first-order valence-electron chi connectivity index (χ1n) is 6.92. The van der Waals surface area contributed by atoms with E-state index in [1.807, 2.05) is 0 Å². The Labute approximate surface area is 112 Å². The first-order valence-corrected chi connectivity index (χ1v) is 6.92. The molecule has 4 heteroatoms. The molecule has 4 aliphatic rings. The van der Waals surface area contributed by atoms with Gasteiger partial charge < -0.3 is 14.6 Å². The summed E-state index contributed by atoms with van der Waals surface area (Å²) in [5.41, 5.74) is 1.48. The molecule has 4 nitrogen and oxygen atoms in total. The second kappa shape index (κ2) is 3.49. The van der Waals surface area contributed by atoms with Crippen LogP contribution < -0.4 is 0 Å². The van der Waals surface area contributed by atoms with Gasteiger partial charge in [-0.15, -0.1) is 0 Å². The van der Waals surface area contributed by atoms with Crippen LogP contribution in [0.5, 0.6) is 0 Å². The average molecular weight is 262 g/mol. The molecule has 102 valence electrons. The summed E-state index contributed by atoms with van der Waals surface area (Å²) in [6.07, 6.45) is 2.91. The predicted octanol–water partition coefficient (Wildman–Crippen LogP) is 1.20. The van der Waals surface area contributed by atoms with Crippen LogP contribution in [0.3, 0.4) is 0 Å². The predicted molar refractivity (Wildman–Crippen MR) is 67.2 cm³/mol. The number of hydrogen-bond donors (Lipinski definition) is 1. The van der Waals surface area contributed by atoms with Gasteiger partial charge in [0.25, 0.3) is 0 Å². The number of esters is 1. The van der Waals surface area contributed by atoms with Crippen molar-refractivity contribution < 1.29 is 19.4 Å². The number of ether oxygens (including phenoxy) is 2. The molecule has 0 aromatic heterocycles. The highest BCUT2D eigenvalue weighted by Crippen LogP contribution is 2.57. The fourth-order valence-electron chi connectivity index (χ4n) is 4.35. The third kappa shape index (κ3) is 1.39. The fraction of sp³-hybridized carbons (Fsp3) is 0.667. The molecule has 0 aromatic rings. The van der Waals surface area contributed by atoms with Crippen molar-refractivity contribution >= 4 is 5.97 Å². The molecule has 1 saturated carbocycles. The van der Waals surface area contributed by atoms with Gasteiger partial charge >= 0.3 is 5.97 Å². The van der Waals surface area contributed by atoms with Crippen molar-refractivity contribution in [3.05, 3.63) is 23.8 Å². The molecular weight excluding hydrogens is 244 g/mol. The maximum Gasteiger partial charge on any atom is 0.334 e. The second-order valence-electron chi connectivity index (χ2n) is 6.36. The number of aliphatic hydroxyl groups excluding tert-OH is 1. The molecule has 2 aliphatic heterocycles. The van der Waals surface area contributed by atoms with Crippen molar-refractivity contribution in [1.29, 1.82) is 0 Å². The summed E-state index contributed by atoms with van der Waals surface area (Å²) >= 11 is 0. The normalized spacial score (nSPS) is 51.5. The van der Waals surface area contributed by atoms with Crippen LogP contribution in [-0.4, -0.2) is 35.5 Å². The third-order valence-corrected chi connectivity index (χ3v) is 5.43. The van der Waals surface area contributed by atoms with Crippen LogP contribution in [0, 0.1) is 17.8 Å². The number of allylic oxidation sites excluding steroid dienone is 1. The molecule has 1 N–H and O–H groups in total. The Morgan fingerprint density at radius 3 is 2.89 bits per heavy atom. The van der Waals surface area contributed by atoms with E-state index < -0.39 is 6.10 Å². The van der Waals surface area contributed by atoms with Crippen molar-refractivity contribution in [1.82, 2.24) is 0 Å². The molecule has 2 heterocycles. The lowest BCUT2D eigenvalue weighted by molar-refractivity contribution is -0.141. The number of carbonyl (C=O) groups is 1. The van der Waals surface area contributed by atoms with Crippen LogP contribution >= 0.6 is 0 Å². The van der Waals surface area contributed by atoms with Crippen molar-refractivity contribution in [3.63, 3.8) is 0 Å². The summed E-state index contributed by atoms with van der Waals surface area (Å²) in [6, 6.07) is 0. The Bertz CT molecular complexity index is 502. The van der Waals surface area contributed by atoms with E-state index in [1.165, 1.54) is 5.57 Å². The lowest BCUT2D eigenvalue weighted by atomic mass is 9.78. The largest absolute Gasteiger partial charge is 0.458 e. The Morgan fingerprint density at radius 1 is 1.47 bits per heavy atom. The maximum absolute atomic E-state index is 11.8. The summed E-state index contributed by atoms with van der Waals surface area (Å²) in [4.78, 5) is 11.8. The van der Waals surface area contributed by atoms with Crippen LogP contribution in [0.4, 0.5) is 0 Å². The van der Waals surface area contributed by atoms with E-state index >= 15 is 0 Å². The Kier molecular flexibility index (Phi) is 2.15. The molecule has 1 spiro atoms. The molecule has 0 radical (unpaired) electrons. The van der Waals surface area contributed by atoms with Gasteiger partial charge in [0.2, 0.25) is 0 Å². The first kappa shape index (κ1) is 11.7. The van der Waals surface area contributed by atoms with Crippen LogP contribution in [0.2, 0.25) is 0 Å². The van der Waals surface area contributed by atoms with Gasteiger partial charge in [-0.2, -0.15) is 0 Å². The summed E-state index contributed by atoms with van der Waals surface area (Å²) in [7, 11) is 0. The molecule has 2 aliphatic carbocycles. The van der Waals surface area contributed by atoms with Gasteiger partial charge in [-0.25, -0.2) is 4.79 Å². The lowest BCUT2D eigenvalue weighted by Gasteiger charge is -2.28. The van der Waals surface area contributed by atoms with Gasteiger partial charge in [0.1, 0.15) is 6.10 Å². The number of aliphatic hydroxyl groups is 1. The first-order chi connectivity index (χ1) is 9.03. The number of hydrogen-bond acceptors (Lipinski definition) is 4. The van der Waals surface area contributed by atoms with E-state index in [2.05, 4.69) is 19.6 Å². The summed E-state index contributed by atoms with van der Waals surface area (Å²) < 4.78 is 11.3. The van der Waals surface area contributed by atoms with Crippen molar-refractivity contribution in [2.45, 2.75) is 37.6 Å². The Balaban J connectivity index is 1.80. The van der Waals surface area contributed by atoms with E-state index in [9.17, 15) is 9.90 Å². The summed E-state index contributed by atoms with van der Waals surface area (Å²) in [5, 5.41) is 10.5. The topological polar surface area (TPSA) is 59.1 Å². The van der Waals surface area contributed by atoms with Gasteiger partial charge in [0, 0.05) is 23.8 Å². The van der Waals surface area contributed by atoms with Crippen LogP contribution in [0.15, 0.2) is 23.8 Å². The van der Waals surface area contributed by atoms with Gasteiger partial charge in [-0.05, 0) is 13.3 Å². The SMILES string of the molecule is C=C1C(=O)OC2C1C(O)CC1(CO1)C1CC=C(C)C21. The number of rotatable bonds is 0. The van der Waals surface area contributed by atoms with Crippen LogP contribution in [0.25, 0.3) is 0 Å². The zero-order valence-corrected chi connectivity index (χ0v) is 11.0. The third-order valence-electron chi connectivity index (χ3n) is 5.43. The fourth-order valence-corrected chi connectivity index (χ4v) is 4.35. The van der Waals surface area contributed by atoms with Crippen molar-refractivity contribution in [2.24, 2.45) is 17.8 Å². The highest BCUT2D eigenvalue weighted by Gasteiger charge is 2.64. The Hall–Kier alpha value is -1.13.